The van der Waals surface area contributed by atoms with Crippen LogP contribution in [0.1, 0.15) is 232 Å². The average Bonchev–Trinajstić information content (AvgIpc) is 1.73. The van der Waals surface area contributed by atoms with Gasteiger partial charge in [-0.2, -0.15) is 0 Å². The van der Waals surface area contributed by atoms with Gasteiger partial charge in [0.2, 0.25) is 88.6 Å². The van der Waals surface area contributed by atoms with Gasteiger partial charge in [0.25, 0.3) is 0 Å². The molecule has 0 unspecified atom stereocenters. The van der Waals surface area contributed by atoms with E-state index >= 15 is 0 Å². The van der Waals surface area contributed by atoms with Crippen molar-refractivity contribution in [3.05, 3.63) is 35.9 Å². The number of carboxylic acids is 1. The number of aliphatic hydroxyl groups excluding tert-OH is 3. The lowest BCUT2D eigenvalue weighted by Crippen LogP contribution is -2.62. The van der Waals surface area contributed by atoms with Crippen molar-refractivity contribution in [2.24, 2.45) is 39.6 Å². The molecule has 0 aliphatic carbocycles. The molecule has 3 heterocycles. The van der Waals surface area contributed by atoms with Gasteiger partial charge in [0, 0.05) is 56.9 Å². The van der Waals surface area contributed by atoms with Crippen molar-refractivity contribution in [3.8, 4) is 0 Å². The average molecular weight is 1940 g/mol. The molecule has 3 aliphatic rings. The minimum absolute atomic E-state index is 0.0465. The maximum atomic E-state index is 14.9. The number of Topliss-reactive ketones (excluding diaryl/α,β-unsaturated/α-hetero) is 2. The van der Waals surface area contributed by atoms with E-state index in [1.54, 1.807) is 44.2 Å². The lowest BCUT2D eigenvalue weighted by Gasteiger charge is -2.31. The van der Waals surface area contributed by atoms with Crippen LogP contribution < -0.4 is 108 Å². The summed E-state index contributed by atoms with van der Waals surface area (Å²) in [6.07, 6.45) is 13.5. The van der Waals surface area contributed by atoms with Crippen LogP contribution in [0.25, 0.3) is 0 Å². The van der Waals surface area contributed by atoms with E-state index in [1.807, 2.05) is 0 Å². The van der Waals surface area contributed by atoms with Crippen molar-refractivity contribution in [2.45, 2.75) is 324 Å². The number of nitrogens with two attached hydrogens (primary N) is 5. The van der Waals surface area contributed by atoms with Gasteiger partial charge in [-0.1, -0.05) is 149 Å². The zero-order chi connectivity index (χ0) is 99.7. The van der Waals surface area contributed by atoms with Gasteiger partial charge in [0.15, 0.2) is 17.5 Å². The van der Waals surface area contributed by atoms with E-state index in [4.69, 9.17) is 33.8 Å². The Morgan fingerprint density at radius 1 is 0.570 bits per heavy atom. The molecule has 0 bridgehead atoms. The Kier molecular flexibility index (Phi) is 57.5. The number of amides is 15. The number of rotatable bonds is 50. The molecule has 4 rings (SSSR count). The molecule has 15 amide bonds. The number of carbonyl (C=O) groups excluding carboxylic acids is 17. The second-order valence-corrected chi connectivity index (χ2v) is 37.1. The van der Waals surface area contributed by atoms with E-state index in [0.717, 1.165) is 93.2 Å². The number of aliphatic hydroxyl groups is 3. The van der Waals surface area contributed by atoms with Crippen molar-refractivity contribution < 1.29 is 107 Å². The maximum Gasteiger partial charge on any atom is 0.303 e. The molecule has 0 aromatic heterocycles. The molecule has 16 atom stereocenters. The highest BCUT2D eigenvalue weighted by Crippen LogP contribution is 2.26. The van der Waals surface area contributed by atoms with Crippen LogP contribution in [0.3, 0.4) is 0 Å². The molecule has 3 aliphatic heterocycles. The monoisotopic (exact) mass is 1940 g/mol. The Hall–Kier alpha value is -10.2. The molecule has 44 nitrogen and oxygen atoms in total. The summed E-state index contributed by atoms with van der Waals surface area (Å²) in [6.45, 7) is 2.23. The molecule has 135 heavy (non-hydrogen) atoms. The molecule has 760 valence electrons. The second kappa shape index (κ2) is 66.3. The summed E-state index contributed by atoms with van der Waals surface area (Å²) >= 11 is 0. The van der Waals surface area contributed by atoms with E-state index < -0.39 is 241 Å². The van der Waals surface area contributed by atoms with Crippen LogP contribution in [0.15, 0.2) is 35.3 Å². The van der Waals surface area contributed by atoms with Crippen molar-refractivity contribution in [1.29, 1.82) is 0 Å². The predicted octanol–water partition coefficient (Wildman–Crippen LogP) is -3.64. The van der Waals surface area contributed by atoms with Crippen molar-refractivity contribution >= 4 is 134 Å². The number of carbonyl (C=O) groups is 18. The van der Waals surface area contributed by atoms with Crippen LogP contribution in [0.4, 0.5) is 0 Å². The van der Waals surface area contributed by atoms with Crippen molar-refractivity contribution in [3.63, 3.8) is 0 Å². The normalized spacial score (nSPS) is 22.7. The summed E-state index contributed by atoms with van der Waals surface area (Å²) in [5, 5.41) is 80.6. The minimum atomic E-state index is -1.90. The summed E-state index contributed by atoms with van der Waals surface area (Å²) in [4.78, 5) is 256. The number of nitrogens with one attached hydrogen (secondary N) is 15. The molecule has 1 aromatic carbocycles. The Morgan fingerprint density at radius 3 is 1.77 bits per heavy atom. The topological polar surface area (TPSA) is 714 Å². The van der Waals surface area contributed by atoms with Gasteiger partial charge in [-0.15, -0.1) is 0 Å². The summed E-state index contributed by atoms with van der Waals surface area (Å²) in [5.41, 5.74) is 29.5. The lowest BCUT2D eigenvalue weighted by atomic mass is 9.96. The van der Waals surface area contributed by atoms with Crippen LogP contribution >= 0.6 is 21.6 Å². The number of aliphatic carboxylic acids is 1. The third-order valence-corrected chi connectivity index (χ3v) is 25.8. The number of unbranched alkanes of at least 4 members (excludes halogenated alkanes) is 15. The number of aliphatic imine (C=N–C) groups is 1. The van der Waals surface area contributed by atoms with Gasteiger partial charge in [-0.05, 0) is 128 Å². The van der Waals surface area contributed by atoms with Gasteiger partial charge in [0.05, 0.1) is 69.5 Å². The number of ketones is 2. The SMILES string of the molecule is CC[C@H](C)[C@@H]1NC(=O)[C@H](CCCCN)NC(=O)[C@H](CO)NC(=O)[C@@H](NCC(=O)[C@@H](NC(=O)[C@@H]2CSSC[C@H](NC(=O)CNC(=O)[C@@H](N)CCCCNC(=O)CCCCCCCCCCCCCCCCC(=O)O)C(=O)N[C@@H](CCCN=C(N)N)C(=O)N[C@@H](Cc3ccccc3)C(=O)NCC(=O)N[C@@H]([C@@H](C)O)C(=O)N2)[C@@H](C)O)CCCCNC(=O)C[C@@H](C(=O)N2CCC[C@H]2C(=O)CN)NC1=O. The molecule has 0 saturated carbocycles. The standard InChI is InChI=1S/C89H150N22O22S2/c1-5-54(2)75-86(131)105-63(88(133)111-44-30-37-67(111)68(115)47-91)46-71(118)96-42-28-25-34-59(80(125)106-64(51-112)83(128)102-60(82(127)109-75)35-23-26-40-90)98-48-69(116)76(55(3)113)110-85(130)66-53-135-134-52-65(101-72(119)49-99-78(123)58(92)33-24-27-41-95-70(117)38-21-16-14-12-10-8-6-7-9-11-13-15-17-22-39-74(121)122)84(129)103-61(36-29-43-97-89(93)94)81(126)104-62(45-57-31-19-18-20-32-57)79(124)100-50-73(120)108-77(56(4)114)87(132)107-66/h18-20,31-32,54-56,58-67,75-77,98,112-114H,5-17,21-30,33-53,90-92H2,1-4H3,(H,95,117)(H,96,118)(H,99,123)(H,100,124)(H,101,119)(H,102,128)(H,103,129)(H,104,126)(H,105,131)(H,106,125)(H,107,132)(H,108,120)(H,109,127)(H,110,130)(H,121,122)(H4,93,94,97)/t54-,55+,56+,58-,59-,60-,61-,62-,63-,64-,65-,66-,67-,75-,76-,77-/m0/s1. The maximum absolute atomic E-state index is 14.9. The fraction of sp³-hybridized carbons (Fsp3) is 0.719. The smallest absolute Gasteiger partial charge is 0.303 e. The van der Waals surface area contributed by atoms with Gasteiger partial charge < -0.3 is 128 Å². The van der Waals surface area contributed by atoms with Crippen LogP contribution in [0, 0.1) is 5.92 Å². The van der Waals surface area contributed by atoms with Crippen LogP contribution in [0.2, 0.25) is 0 Å². The fourth-order valence-electron chi connectivity index (χ4n) is 15.3. The van der Waals surface area contributed by atoms with Gasteiger partial charge in [-0.25, -0.2) is 0 Å². The minimum Gasteiger partial charge on any atom is -0.481 e. The molecule has 46 heteroatoms. The van der Waals surface area contributed by atoms with E-state index in [-0.39, 0.29) is 115 Å². The van der Waals surface area contributed by atoms with Crippen LogP contribution in [-0.2, 0) is 92.7 Å². The summed E-state index contributed by atoms with van der Waals surface area (Å²) in [7, 11) is 1.61. The summed E-state index contributed by atoms with van der Waals surface area (Å²) < 4.78 is 0. The van der Waals surface area contributed by atoms with E-state index in [1.165, 1.54) is 37.0 Å². The molecule has 1 aromatic rings. The zero-order valence-electron chi connectivity index (χ0n) is 78.5. The highest BCUT2D eigenvalue weighted by Gasteiger charge is 2.42. The molecular formula is C89H150N22O22S2. The quantitative estimate of drug-likeness (QED) is 0.0129. The van der Waals surface area contributed by atoms with Crippen LogP contribution in [0.5, 0.6) is 0 Å². The first-order valence-electron chi connectivity index (χ1n) is 47.4. The first kappa shape index (κ1) is 117. The zero-order valence-corrected chi connectivity index (χ0v) is 80.1. The number of hydrogen-bond donors (Lipinski definition) is 24. The van der Waals surface area contributed by atoms with Gasteiger partial charge in [-0.3, -0.25) is 96.6 Å². The third-order valence-electron chi connectivity index (χ3n) is 23.4. The fourth-order valence-corrected chi connectivity index (χ4v) is 17.6. The second-order valence-electron chi connectivity index (χ2n) is 34.6. The molecule has 3 saturated heterocycles. The summed E-state index contributed by atoms with van der Waals surface area (Å²) in [6, 6.07) is -11.5. The highest BCUT2D eigenvalue weighted by atomic mass is 33.1. The molecule has 29 N–H and O–H groups in total. The first-order valence-corrected chi connectivity index (χ1v) is 49.9. The first-order chi connectivity index (χ1) is 64.5. The number of likely N-dealkylation sites (tertiary alicyclic amines) is 1. The predicted molar refractivity (Wildman–Crippen MR) is 507 cm³/mol. The Bertz CT molecular complexity index is 3990. The summed E-state index contributed by atoms with van der Waals surface area (Å²) in [5.74, 6) is -17.4. The number of carboxylic acid groups (broad SMARTS) is 1. The largest absolute Gasteiger partial charge is 0.481 e. The van der Waals surface area contributed by atoms with E-state index in [0.29, 0.717) is 50.6 Å². The Balaban J connectivity index is 1.60. The number of hydrogen-bond acceptors (Lipinski definition) is 28. The highest BCUT2D eigenvalue weighted by molar-refractivity contribution is 8.76. The van der Waals surface area contributed by atoms with Crippen molar-refractivity contribution in [2.75, 3.05) is 77.0 Å². The molecule has 0 radical (unpaired) electrons. The lowest BCUT2D eigenvalue weighted by molar-refractivity contribution is -0.142. The Morgan fingerprint density at radius 2 is 1.16 bits per heavy atom. The Labute approximate surface area is 797 Å². The van der Waals surface area contributed by atoms with Gasteiger partial charge in [0.1, 0.15) is 60.4 Å². The number of guanidine groups is 1. The van der Waals surface area contributed by atoms with Gasteiger partial charge >= 0.3 is 5.97 Å². The molecule has 3 fully saturated rings. The van der Waals surface area contributed by atoms with Crippen LogP contribution in [-0.4, -0.2) is 305 Å². The molecule has 0 spiro atoms. The van der Waals surface area contributed by atoms with E-state index in [9.17, 15) is 102 Å². The molecular weight excluding hydrogens is 1790 g/mol. The third kappa shape index (κ3) is 46.5. The number of benzene rings is 1. The van der Waals surface area contributed by atoms with E-state index in [2.05, 4.69) is 84.7 Å². The van der Waals surface area contributed by atoms with Crippen molar-refractivity contribution in [1.82, 2.24) is 84.7 Å². The number of nitrogens with zero attached hydrogens (tertiary/aromatic N) is 2.